The summed E-state index contributed by atoms with van der Waals surface area (Å²) in [4.78, 5) is 6.81. The van der Waals surface area contributed by atoms with Crippen LogP contribution in [0.5, 0.6) is 0 Å². The number of anilines is 1. The highest BCUT2D eigenvalue weighted by atomic mass is 16.5. The van der Waals surface area contributed by atoms with Crippen LogP contribution in [-0.2, 0) is 4.74 Å². The summed E-state index contributed by atoms with van der Waals surface area (Å²) in [5.41, 5.74) is 7.08. The Morgan fingerprint density at radius 2 is 2.29 bits per heavy atom. The molecule has 0 bridgehead atoms. The minimum absolute atomic E-state index is 0.00246. The van der Waals surface area contributed by atoms with E-state index in [1.54, 1.807) is 0 Å². The molecule has 1 saturated heterocycles. The van der Waals surface area contributed by atoms with Crippen molar-refractivity contribution in [3.8, 4) is 0 Å². The van der Waals surface area contributed by atoms with Gasteiger partial charge in [0.1, 0.15) is 5.82 Å². The quantitative estimate of drug-likeness (QED) is 0.848. The number of rotatable bonds is 2. The first-order valence-corrected chi connectivity index (χ1v) is 6.08. The average molecular weight is 235 g/mol. The molecule has 4 heteroatoms. The molecule has 94 valence electrons. The van der Waals surface area contributed by atoms with Crippen LogP contribution >= 0.6 is 0 Å². The fourth-order valence-corrected chi connectivity index (χ4v) is 2.24. The standard InChI is InChI=1S/C13H21N3O/c1-10(14)11-5-4-6-15-12(11)16-7-8-17-9-13(16,2)3/h4-6,10H,7-9,14H2,1-3H3. The molecule has 0 spiro atoms. The summed E-state index contributed by atoms with van der Waals surface area (Å²) in [6.45, 7) is 8.68. The van der Waals surface area contributed by atoms with Gasteiger partial charge in [-0.15, -0.1) is 0 Å². The van der Waals surface area contributed by atoms with Crippen molar-refractivity contribution in [3.63, 3.8) is 0 Å². The monoisotopic (exact) mass is 235 g/mol. The third kappa shape index (κ3) is 2.42. The molecule has 0 saturated carbocycles. The van der Waals surface area contributed by atoms with Gasteiger partial charge in [0.05, 0.1) is 18.8 Å². The number of hydrogen-bond acceptors (Lipinski definition) is 4. The summed E-state index contributed by atoms with van der Waals surface area (Å²) in [6.07, 6.45) is 1.83. The van der Waals surface area contributed by atoms with E-state index in [9.17, 15) is 0 Å². The van der Waals surface area contributed by atoms with Gasteiger partial charge in [-0.1, -0.05) is 6.07 Å². The van der Waals surface area contributed by atoms with Gasteiger partial charge in [0.15, 0.2) is 0 Å². The van der Waals surface area contributed by atoms with Crippen molar-refractivity contribution in [2.45, 2.75) is 32.4 Å². The average Bonchev–Trinajstić information content (AvgIpc) is 2.28. The first-order chi connectivity index (χ1) is 8.02. The molecule has 2 rings (SSSR count). The maximum Gasteiger partial charge on any atom is 0.133 e. The van der Waals surface area contributed by atoms with Crippen LogP contribution in [0.15, 0.2) is 18.3 Å². The Bertz CT molecular complexity index is 390. The molecule has 1 aromatic rings. The number of morpholine rings is 1. The van der Waals surface area contributed by atoms with Crippen LogP contribution in [0.4, 0.5) is 5.82 Å². The van der Waals surface area contributed by atoms with Gasteiger partial charge in [-0.25, -0.2) is 4.98 Å². The van der Waals surface area contributed by atoms with E-state index in [1.165, 1.54) is 0 Å². The van der Waals surface area contributed by atoms with Gasteiger partial charge in [-0.3, -0.25) is 0 Å². The van der Waals surface area contributed by atoms with Gasteiger partial charge in [0.25, 0.3) is 0 Å². The lowest BCUT2D eigenvalue weighted by atomic mass is 10.0. The van der Waals surface area contributed by atoms with E-state index < -0.39 is 0 Å². The van der Waals surface area contributed by atoms with Gasteiger partial charge in [-0.2, -0.15) is 0 Å². The maximum absolute atomic E-state index is 6.01. The lowest BCUT2D eigenvalue weighted by molar-refractivity contribution is 0.0638. The number of pyridine rings is 1. The summed E-state index contributed by atoms with van der Waals surface area (Å²) in [6, 6.07) is 3.99. The summed E-state index contributed by atoms with van der Waals surface area (Å²) < 4.78 is 5.54. The molecule has 4 nitrogen and oxygen atoms in total. The summed E-state index contributed by atoms with van der Waals surface area (Å²) >= 11 is 0. The number of nitrogens with zero attached hydrogens (tertiary/aromatic N) is 2. The van der Waals surface area contributed by atoms with E-state index >= 15 is 0 Å². The fraction of sp³-hybridized carbons (Fsp3) is 0.615. The van der Waals surface area contributed by atoms with Crippen molar-refractivity contribution in [1.82, 2.24) is 4.98 Å². The Labute approximate surface area is 103 Å². The molecule has 2 N–H and O–H groups in total. The molecule has 0 radical (unpaired) electrons. The Morgan fingerprint density at radius 1 is 1.53 bits per heavy atom. The fourth-order valence-electron chi connectivity index (χ4n) is 2.24. The predicted octanol–water partition coefficient (Wildman–Crippen LogP) is 1.72. The molecule has 1 aliphatic heterocycles. The maximum atomic E-state index is 6.01. The number of aromatic nitrogens is 1. The minimum Gasteiger partial charge on any atom is -0.377 e. The highest BCUT2D eigenvalue weighted by molar-refractivity contribution is 5.50. The van der Waals surface area contributed by atoms with E-state index in [-0.39, 0.29) is 11.6 Å². The van der Waals surface area contributed by atoms with Crippen molar-refractivity contribution in [1.29, 1.82) is 0 Å². The normalized spacial score (nSPS) is 21.3. The van der Waals surface area contributed by atoms with E-state index in [1.807, 2.05) is 19.2 Å². The van der Waals surface area contributed by atoms with Gasteiger partial charge < -0.3 is 15.4 Å². The zero-order valence-corrected chi connectivity index (χ0v) is 10.8. The number of ether oxygens (including phenoxy) is 1. The van der Waals surface area contributed by atoms with Gasteiger partial charge in [-0.05, 0) is 26.8 Å². The first kappa shape index (κ1) is 12.3. The zero-order valence-electron chi connectivity index (χ0n) is 10.8. The van der Waals surface area contributed by atoms with Crippen LogP contribution in [0.2, 0.25) is 0 Å². The Kier molecular flexibility index (Phi) is 3.35. The molecular formula is C13H21N3O. The van der Waals surface area contributed by atoms with Crippen molar-refractivity contribution in [3.05, 3.63) is 23.9 Å². The molecule has 0 aliphatic carbocycles. The van der Waals surface area contributed by atoms with Crippen molar-refractivity contribution < 1.29 is 4.74 Å². The molecule has 17 heavy (non-hydrogen) atoms. The second-order valence-electron chi connectivity index (χ2n) is 5.22. The molecule has 2 heterocycles. The highest BCUT2D eigenvalue weighted by Gasteiger charge is 2.32. The Balaban J connectivity index is 2.38. The van der Waals surface area contributed by atoms with Crippen LogP contribution in [0.1, 0.15) is 32.4 Å². The number of nitrogens with two attached hydrogens (primary N) is 1. The van der Waals surface area contributed by atoms with Crippen LogP contribution < -0.4 is 10.6 Å². The van der Waals surface area contributed by atoms with Crippen molar-refractivity contribution in [2.24, 2.45) is 5.73 Å². The first-order valence-electron chi connectivity index (χ1n) is 6.08. The zero-order chi connectivity index (χ0) is 12.5. The second kappa shape index (κ2) is 4.63. The van der Waals surface area contributed by atoms with Gasteiger partial charge >= 0.3 is 0 Å². The molecule has 1 unspecified atom stereocenters. The smallest absolute Gasteiger partial charge is 0.133 e. The third-order valence-corrected chi connectivity index (χ3v) is 3.21. The largest absolute Gasteiger partial charge is 0.377 e. The van der Waals surface area contributed by atoms with E-state index in [0.29, 0.717) is 0 Å². The van der Waals surface area contributed by atoms with Crippen molar-refractivity contribution in [2.75, 3.05) is 24.7 Å². The molecule has 0 aromatic carbocycles. The van der Waals surface area contributed by atoms with Crippen LogP contribution in [0.3, 0.4) is 0 Å². The van der Waals surface area contributed by atoms with E-state index in [4.69, 9.17) is 10.5 Å². The number of hydrogen-bond donors (Lipinski definition) is 1. The van der Waals surface area contributed by atoms with Crippen molar-refractivity contribution >= 4 is 5.82 Å². The summed E-state index contributed by atoms with van der Waals surface area (Å²) in [7, 11) is 0. The minimum atomic E-state index is -0.0315. The molecule has 0 amide bonds. The van der Waals surface area contributed by atoms with Gasteiger partial charge in [0.2, 0.25) is 0 Å². The van der Waals surface area contributed by atoms with E-state index in [0.717, 1.165) is 31.1 Å². The molecule has 1 atom stereocenters. The topological polar surface area (TPSA) is 51.4 Å². The van der Waals surface area contributed by atoms with Crippen LogP contribution in [0, 0.1) is 0 Å². The molecule has 1 fully saturated rings. The third-order valence-electron chi connectivity index (χ3n) is 3.21. The Hall–Kier alpha value is -1.13. The molecule has 1 aromatic heterocycles. The summed E-state index contributed by atoms with van der Waals surface area (Å²) in [5.74, 6) is 0.996. The summed E-state index contributed by atoms with van der Waals surface area (Å²) in [5, 5.41) is 0. The Morgan fingerprint density at radius 3 is 2.94 bits per heavy atom. The highest BCUT2D eigenvalue weighted by Crippen LogP contribution is 2.30. The second-order valence-corrected chi connectivity index (χ2v) is 5.22. The van der Waals surface area contributed by atoms with Crippen LogP contribution in [0.25, 0.3) is 0 Å². The van der Waals surface area contributed by atoms with E-state index in [2.05, 4.69) is 29.8 Å². The van der Waals surface area contributed by atoms with Gasteiger partial charge in [0, 0.05) is 24.3 Å². The van der Waals surface area contributed by atoms with Crippen LogP contribution in [-0.4, -0.2) is 30.3 Å². The molecular weight excluding hydrogens is 214 g/mol. The molecule has 1 aliphatic rings. The SMILES string of the molecule is CC(N)c1cccnc1N1CCOCC1(C)C. The lowest BCUT2D eigenvalue weighted by Crippen LogP contribution is -2.54. The lowest BCUT2D eigenvalue weighted by Gasteiger charge is -2.43. The predicted molar refractivity (Wildman–Crippen MR) is 69.1 cm³/mol.